The Labute approximate surface area is 91.6 Å². The summed E-state index contributed by atoms with van der Waals surface area (Å²) in [4.78, 5) is 11.6. The molecule has 86 valence electrons. The Hall–Kier alpha value is -0.830. The van der Waals surface area contributed by atoms with Crippen molar-refractivity contribution < 1.29 is 9.90 Å². The summed E-state index contributed by atoms with van der Waals surface area (Å²) >= 11 is 0. The zero-order chi connectivity index (χ0) is 11.3. The van der Waals surface area contributed by atoms with Crippen LogP contribution in [0.15, 0.2) is 12.2 Å². The Bertz CT molecular complexity index is 236. The summed E-state index contributed by atoms with van der Waals surface area (Å²) in [5.41, 5.74) is 0. The molecule has 3 heteroatoms. The van der Waals surface area contributed by atoms with Crippen LogP contribution in [0.3, 0.4) is 0 Å². The number of allylic oxidation sites excluding steroid dienone is 2. The minimum Gasteiger partial charge on any atom is -0.394 e. The number of hydrogen-bond donors (Lipinski definition) is 2. The fraction of sp³-hybridized carbons (Fsp3) is 0.750. The molecule has 0 saturated carbocycles. The van der Waals surface area contributed by atoms with Gasteiger partial charge in [0.15, 0.2) is 0 Å². The molecular formula is C12H21NO2. The average molecular weight is 211 g/mol. The van der Waals surface area contributed by atoms with Crippen LogP contribution < -0.4 is 5.32 Å². The lowest BCUT2D eigenvalue weighted by molar-refractivity contribution is -0.123. The Balaban J connectivity index is 2.30. The third kappa shape index (κ3) is 4.04. The van der Waals surface area contributed by atoms with Crippen LogP contribution in [0.1, 0.15) is 33.1 Å². The second kappa shape index (κ2) is 5.91. The number of hydrogen-bond acceptors (Lipinski definition) is 2. The van der Waals surface area contributed by atoms with Crippen molar-refractivity contribution in [2.45, 2.75) is 39.2 Å². The Morgan fingerprint density at radius 2 is 2.33 bits per heavy atom. The second-order valence-electron chi connectivity index (χ2n) is 4.57. The highest BCUT2D eigenvalue weighted by molar-refractivity contribution is 5.76. The molecular weight excluding hydrogens is 190 g/mol. The summed E-state index contributed by atoms with van der Waals surface area (Å²) in [5.74, 6) is 0.730. The molecule has 0 spiro atoms. The highest BCUT2D eigenvalue weighted by atomic mass is 16.3. The molecule has 3 nitrogen and oxygen atoms in total. The van der Waals surface area contributed by atoms with Gasteiger partial charge in [0.2, 0.25) is 5.91 Å². The van der Waals surface area contributed by atoms with Crippen molar-refractivity contribution in [2.75, 3.05) is 6.61 Å². The van der Waals surface area contributed by atoms with E-state index in [1.807, 2.05) is 13.8 Å². The van der Waals surface area contributed by atoms with E-state index < -0.39 is 0 Å². The predicted octanol–water partition coefficient (Wildman–Crippen LogP) is 1.48. The third-order valence-corrected chi connectivity index (χ3v) is 2.91. The number of aliphatic hydroxyl groups is 1. The van der Waals surface area contributed by atoms with Gasteiger partial charge in [-0.1, -0.05) is 26.0 Å². The summed E-state index contributed by atoms with van der Waals surface area (Å²) in [6.07, 6.45) is 6.97. The van der Waals surface area contributed by atoms with E-state index in [4.69, 9.17) is 5.11 Å². The first kappa shape index (κ1) is 12.2. The zero-order valence-electron chi connectivity index (χ0n) is 9.57. The monoisotopic (exact) mass is 211 g/mol. The number of amides is 1. The van der Waals surface area contributed by atoms with E-state index in [0.29, 0.717) is 12.3 Å². The predicted molar refractivity (Wildman–Crippen MR) is 60.3 cm³/mol. The molecule has 1 aliphatic rings. The van der Waals surface area contributed by atoms with E-state index >= 15 is 0 Å². The summed E-state index contributed by atoms with van der Waals surface area (Å²) in [7, 11) is 0. The molecule has 1 aliphatic carbocycles. The molecule has 2 atom stereocenters. The van der Waals surface area contributed by atoms with E-state index in [1.165, 1.54) is 0 Å². The summed E-state index contributed by atoms with van der Waals surface area (Å²) in [5, 5.41) is 11.9. The smallest absolute Gasteiger partial charge is 0.220 e. The number of rotatable bonds is 5. The minimum absolute atomic E-state index is 0.0178. The molecule has 1 amide bonds. The van der Waals surface area contributed by atoms with Gasteiger partial charge in [0, 0.05) is 6.42 Å². The molecule has 0 saturated heterocycles. The molecule has 1 rings (SSSR count). The average Bonchev–Trinajstić information content (AvgIpc) is 2.66. The lowest BCUT2D eigenvalue weighted by atomic mass is 10.0. The van der Waals surface area contributed by atoms with Gasteiger partial charge in [0.1, 0.15) is 0 Å². The number of aliphatic hydroxyl groups excluding tert-OH is 1. The molecule has 0 heterocycles. The van der Waals surface area contributed by atoms with E-state index in [-0.39, 0.29) is 24.5 Å². The molecule has 0 bridgehead atoms. The van der Waals surface area contributed by atoms with Crippen LogP contribution in [0, 0.1) is 11.8 Å². The van der Waals surface area contributed by atoms with Crippen LogP contribution in [0.4, 0.5) is 0 Å². The topological polar surface area (TPSA) is 49.3 Å². The Morgan fingerprint density at radius 3 is 2.80 bits per heavy atom. The molecule has 0 aliphatic heterocycles. The van der Waals surface area contributed by atoms with Gasteiger partial charge < -0.3 is 10.4 Å². The first-order valence-corrected chi connectivity index (χ1v) is 5.70. The summed E-state index contributed by atoms with van der Waals surface area (Å²) in [6.45, 7) is 4.01. The van der Waals surface area contributed by atoms with E-state index in [9.17, 15) is 4.79 Å². The first-order chi connectivity index (χ1) is 7.13. The van der Waals surface area contributed by atoms with Gasteiger partial charge in [-0.25, -0.2) is 0 Å². The van der Waals surface area contributed by atoms with E-state index in [1.54, 1.807) is 0 Å². The van der Waals surface area contributed by atoms with Gasteiger partial charge in [-0.2, -0.15) is 0 Å². The highest BCUT2D eigenvalue weighted by Crippen LogP contribution is 2.20. The fourth-order valence-corrected chi connectivity index (χ4v) is 1.79. The summed E-state index contributed by atoms with van der Waals surface area (Å²) in [6, 6.07) is -0.108. The van der Waals surface area contributed by atoms with Gasteiger partial charge in [0.05, 0.1) is 12.6 Å². The van der Waals surface area contributed by atoms with Crippen LogP contribution in [0.25, 0.3) is 0 Å². The van der Waals surface area contributed by atoms with Crippen LogP contribution in [-0.4, -0.2) is 23.7 Å². The SMILES string of the molecule is CC(C)C(CO)NC(=O)CC1C=CCC1. The van der Waals surface area contributed by atoms with Crippen molar-refractivity contribution in [1.82, 2.24) is 5.32 Å². The largest absolute Gasteiger partial charge is 0.394 e. The van der Waals surface area contributed by atoms with Crippen molar-refractivity contribution >= 4 is 5.91 Å². The normalized spacial score (nSPS) is 22.0. The quantitative estimate of drug-likeness (QED) is 0.677. The van der Waals surface area contributed by atoms with Crippen molar-refractivity contribution in [3.8, 4) is 0 Å². The van der Waals surface area contributed by atoms with E-state index in [0.717, 1.165) is 12.8 Å². The third-order valence-electron chi connectivity index (χ3n) is 2.91. The zero-order valence-corrected chi connectivity index (χ0v) is 9.57. The van der Waals surface area contributed by atoms with E-state index in [2.05, 4.69) is 17.5 Å². The maximum absolute atomic E-state index is 11.6. The lowest BCUT2D eigenvalue weighted by Crippen LogP contribution is -2.41. The van der Waals surface area contributed by atoms with Gasteiger partial charge >= 0.3 is 0 Å². The highest BCUT2D eigenvalue weighted by Gasteiger charge is 2.18. The van der Waals surface area contributed by atoms with Crippen LogP contribution in [0.5, 0.6) is 0 Å². The lowest BCUT2D eigenvalue weighted by Gasteiger charge is -2.20. The number of carbonyl (C=O) groups excluding carboxylic acids is 1. The molecule has 0 aromatic rings. The Morgan fingerprint density at radius 1 is 1.60 bits per heavy atom. The molecule has 2 N–H and O–H groups in total. The van der Waals surface area contributed by atoms with Crippen molar-refractivity contribution in [3.05, 3.63) is 12.2 Å². The maximum Gasteiger partial charge on any atom is 0.220 e. The molecule has 2 unspecified atom stereocenters. The van der Waals surface area contributed by atoms with Crippen LogP contribution in [-0.2, 0) is 4.79 Å². The molecule has 0 fully saturated rings. The van der Waals surface area contributed by atoms with Crippen LogP contribution in [0.2, 0.25) is 0 Å². The number of nitrogens with one attached hydrogen (secondary N) is 1. The van der Waals surface area contributed by atoms with Gasteiger partial charge in [0.25, 0.3) is 0 Å². The molecule has 15 heavy (non-hydrogen) atoms. The molecule has 0 radical (unpaired) electrons. The number of carbonyl (C=O) groups is 1. The maximum atomic E-state index is 11.6. The second-order valence-corrected chi connectivity index (χ2v) is 4.57. The van der Waals surface area contributed by atoms with Crippen LogP contribution >= 0.6 is 0 Å². The Kier molecular flexibility index (Phi) is 4.82. The van der Waals surface area contributed by atoms with Gasteiger partial charge in [-0.3, -0.25) is 4.79 Å². The fourth-order valence-electron chi connectivity index (χ4n) is 1.79. The minimum atomic E-state index is -0.108. The first-order valence-electron chi connectivity index (χ1n) is 5.70. The van der Waals surface area contributed by atoms with Gasteiger partial charge in [-0.15, -0.1) is 0 Å². The molecule has 0 aromatic heterocycles. The van der Waals surface area contributed by atoms with Gasteiger partial charge in [-0.05, 0) is 24.7 Å². The molecule has 0 aromatic carbocycles. The standard InChI is InChI=1S/C12H21NO2/c1-9(2)11(8-14)13-12(15)7-10-5-3-4-6-10/h3,5,9-11,14H,4,6-8H2,1-2H3,(H,13,15). The van der Waals surface area contributed by atoms with Crippen molar-refractivity contribution in [3.63, 3.8) is 0 Å². The van der Waals surface area contributed by atoms with Crippen molar-refractivity contribution in [2.24, 2.45) is 11.8 Å². The van der Waals surface area contributed by atoms with Crippen molar-refractivity contribution in [1.29, 1.82) is 0 Å². The summed E-state index contributed by atoms with van der Waals surface area (Å²) < 4.78 is 0.